The lowest BCUT2D eigenvalue weighted by atomic mass is 10.3. The molecule has 0 radical (unpaired) electrons. The molecule has 0 bridgehead atoms. The van der Waals surface area contributed by atoms with Gasteiger partial charge in [0.2, 0.25) is 10.0 Å². The quantitative estimate of drug-likeness (QED) is 0.740. The van der Waals surface area contributed by atoms with Crippen LogP contribution in [0.5, 0.6) is 0 Å². The molecule has 1 unspecified atom stereocenters. The molecule has 1 fully saturated rings. The molecule has 118 valence electrons. The average molecular weight is 324 g/mol. The smallest absolute Gasteiger partial charge is 0.382 e. The van der Waals surface area contributed by atoms with Gasteiger partial charge in [0.05, 0.1) is 5.69 Å². The largest absolute Gasteiger partial charge is 0.416 e. The molecule has 1 aromatic carbocycles. The van der Waals surface area contributed by atoms with Gasteiger partial charge in [-0.15, -0.1) is 0 Å². The molecule has 1 aliphatic rings. The highest BCUT2D eigenvalue weighted by atomic mass is 32.2. The Morgan fingerprint density at radius 3 is 2.48 bits per heavy atom. The first-order chi connectivity index (χ1) is 9.70. The van der Waals surface area contributed by atoms with Crippen molar-refractivity contribution in [2.24, 2.45) is 0 Å². The highest BCUT2D eigenvalue weighted by Gasteiger charge is 2.38. The number of rotatable bonds is 6. The maximum absolute atomic E-state index is 12.2. The number of anilines is 1. The monoisotopic (exact) mass is 324 g/mol. The van der Waals surface area contributed by atoms with Gasteiger partial charge in [-0.2, -0.15) is 13.2 Å². The molecule has 5 nitrogen and oxygen atoms in total. The number of sulfonamides is 1. The van der Waals surface area contributed by atoms with Gasteiger partial charge in [-0.25, -0.2) is 13.1 Å². The van der Waals surface area contributed by atoms with E-state index in [1.807, 2.05) is 0 Å². The lowest BCUT2D eigenvalue weighted by Gasteiger charge is -2.17. The van der Waals surface area contributed by atoms with Gasteiger partial charge in [-0.05, 0) is 25.0 Å². The highest BCUT2D eigenvalue weighted by Crippen LogP contribution is 2.26. The van der Waals surface area contributed by atoms with Crippen LogP contribution in [-0.2, 0) is 10.0 Å². The van der Waals surface area contributed by atoms with Crippen LogP contribution in [0.15, 0.2) is 29.2 Å². The van der Waals surface area contributed by atoms with E-state index < -0.39 is 28.8 Å². The van der Waals surface area contributed by atoms with Crippen LogP contribution >= 0.6 is 0 Å². The molecule has 0 spiro atoms. The van der Waals surface area contributed by atoms with Crippen molar-refractivity contribution in [3.8, 4) is 0 Å². The Morgan fingerprint density at radius 1 is 1.29 bits per heavy atom. The van der Waals surface area contributed by atoms with Gasteiger partial charge in [-0.3, -0.25) is 0 Å². The van der Waals surface area contributed by atoms with Crippen LogP contribution in [0, 0.1) is 0 Å². The maximum Gasteiger partial charge on any atom is 0.416 e. The molecule has 1 aliphatic carbocycles. The number of aliphatic hydroxyl groups is 1. The van der Waals surface area contributed by atoms with Crippen LogP contribution in [0.2, 0.25) is 0 Å². The van der Waals surface area contributed by atoms with Crippen molar-refractivity contribution in [3.63, 3.8) is 0 Å². The lowest BCUT2D eigenvalue weighted by Crippen LogP contribution is -2.35. The van der Waals surface area contributed by atoms with Gasteiger partial charge < -0.3 is 10.4 Å². The number of alkyl halides is 3. The first-order valence-electron chi connectivity index (χ1n) is 6.30. The molecular weight excluding hydrogens is 309 g/mol. The van der Waals surface area contributed by atoms with Gasteiger partial charge in [0.1, 0.15) is 4.90 Å². The van der Waals surface area contributed by atoms with Crippen molar-refractivity contribution in [3.05, 3.63) is 24.3 Å². The van der Waals surface area contributed by atoms with E-state index in [0.717, 1.165) is 12.8 Å². The third-order valence-electron chi connectivity index (χ3n) is 2.94. The van der Waals surface area contributed by atoms with Crippen molar-refractivity contribution in [2.75, 3.05) is 11.9 Å². The second-order valence-corrected chi connectivity index (χ2v) is 6.51. The normalized spacial score (nSPS) is 17.5. The summed E-state index contributed by atoms with van der Waals surface area (Å²) in [5.41, 5.74) is 0.0222. The number of benzene rings is 1. The predicted molar refractivity (Wildman–Crippen MR) is 70.3 cm³/mol. The Kier molecular flexibility index (Phi) is 4.45. The molecule has 0 saturated heterocycles. The van der Waals surface area contributed by atoms with E-state index in [0.29, 0.717) is 0 Å². The SMILES string of the molecule is O=S(=O)(NC1CC1)c1ccccc1NCC(O)C(F)(F)F. The van der Waals surface area contributed by atoms with Gasteiger partial charge in [-0.1, -0.05) is 12.1 Å². The van der Waals surface area contributed by atoms with E-state index in [9.17, 15) is 21.6 Å². The van der Waals surface area contributed by atoms with Crippen molar-refractivity contribution < 1.29 is 26.7 Å². The number of para-hydroxylation sites is 1. The van der Waals surface area contributed by atoms with Crippen molar-refractivity contribution in [2.45, 2.75) is 36.1 Å². The zero-order chi connectivity index (χ0) is 15.7. The van der Waals surface area contributed by atoms with Gasteiger partial charge in [0.25, 0.3) is 0 Å². The van der Waals surface area contributed by atoms with E-state index in [1.165, 1.54) is 24.3 Å². The highest BCUT2D eigenvalue weighted by molar-refractivity contribution is 7.89. The van der Waals surface area contributed by atoms with Crippen LogP contribution in [0.1, 0.15) is 12.8 Å². The molecule has 21 heavy (non-hydrogen) atoms. The summed E-state index contributed by atoms with van der Waals surface area (Å²) in [5.74, 6) is 0. The Bertz CT molecular complexity index is 600. The first kappa shape index (κ1) is 16.1. The molecule has 0 aromatic heterocycles. The number of aliphatic hydroxyl groups excluding tert-OH is 1. The van der Waals surface area contributed by atoms with E-state index in [2.05, 4.69) is 10.0 Å². The Labute approximate surface area is 120 Å². The summed E-state index contributed by atoms with van der Waals surface area (Å²) in [6.07, 6.45) is -5.82. The predicted octanol–water partition coefficient (Wildman–Crippen LogP) is 1.46. The van der Waals surface area contributed by atoms with Gasteiger partial charge in [0.15, 0.2) is 6.10 Å². The minimum absolute atomic E-state index is 0.0222. The summed E-state index contributed by atoms with van der Waals surface area (Å²) in [5, 5.41) is 11.3. The summed E-state index contributed by atoms with van der Waals surface area (Å²) < 4.78 is 63.4. The van der Waals surface area contributed by atoms with Crippen LogP contribution < -0.4 is 10.0 Å². The molecule has 2 rings (SSSR count). The molecule has 0 heterocycles. The van der Waals surface area contributed by atoms with Crippen LogP contribution in [0.4, 0.5) is 18.9 Å². The molecule has 0 amide bonds. The molecule has 9 heteroatoms. The fraction of sp³-hybridized carbons (Fsp3) is 0.500. The van der Waals surface area contributed by atoms with E-state index >= 15 is 0 Å². The van der Waals surface area contributed by atoms with Crippen molar-refractivity contribution in [1.82, 2.24) is 4.72 Å². The summed E-state index contributed by atoms with van der Waals surface area (Å²) in [4.78, 5) is -0.133. The zero-order valence-electron chi connectivity index (χ0n) is 10.9. The minimum atomic E-state index is -4.76. The first-order valence-corrected chi connectivity index (χ1v) is 7.78. The van der Waals surface area contributed by atoms with Crippen molar-refractivity contribution >= 4 is 15.7 Å². The van der Waals surface area contributed by atoms with Crippen LogP contribution in [0.3, 0.4) is 0 Å². The van der Waals surface area contributed by atoms with E-state index in [1.54, 1.807) is 0 Å². The van der Waals surface area contributed by atoms with Crippen LogP contribution in [-0.4, -0.2) is 38.4 Å². The summed E-state index contributed by atoms with van der Waals surface area (Å²) >= 11 is 0. The Morgan fingerprint density at radius 2 is 1.90 bits per heavy atom. The van der Waals surface area contributed by atoms with Crippen molar-refractivity contribution in [1.29, 1.82) is 0 Å². The average Bonchev–Trinajstić information content (AvgIpc) is 3.18. The van der Waals surface area contributed by atoms with E-state index in [4.69, 9.17) is 5.11 Å². The summed E-state index contributed by atoms with van der Waals surface area (Å²) in [6.45, 7) is -0.820. The molecule has 1 aromatic rings. The maximum atomic E-state index is 12.2. The number of nitrogens with one attached hydrogen (secondary N) is 2. The van der Waals surface area contributed by atoms with Gasteiger partial charge >= 0.3 is 6.18 Å². The number of hydrogen-bond acceptors (Lipinski definition) is 4. The fourth-order valence-corrected chi connectivity index (χ4v) is 3.14. The fourth-order valence-electron chi connectivity index (χ4n) is 1.65. The van der Waals surface area contributed by atoms with Crippen LogP contribution in [0.25, 0.3) is 0 Å². The molecular formula is C12H15F3N2O3S. The Balaban J connectivity index is 2.13. The lowest BCUT2D eigenvalue weighted by molar-refractivity contribution is -0.198. The second-order valence-electron chi connectivity index (χ2n) is 4.83. The number of halogens is 3. The molecule has 1 saturated carbocycles. The molecule has 3 N–H and O–H groups in total. The second kappa shape index (κ2) is 5.82. The topological polar surface area (TPSA) is 78.4 Å². The number of hydrogen-bond donors (Lipinski definition) is 3. The third-order valence-corrected chi connectivity index (χ3v) is 4.52. The Hall–Kier alpha value is -1.32. The van der Waals surface area contributed by atoms with Gasteiger partial charge in [0, 0.05) is 12.6 Å². The summed E-state index contributed by atoms with van der Waals surface area (Å²) in [6, 6.07) is 5.52. The van der Waals surface area contributed by atoms with E-state index in [-0.39, 0.29) is 16.6 Å². The third kappa shape index (κ3) is 4.32. The standard InChI is InChI=1S/C12H15F3N2O3S/c13-12(14,15)11(18)7-16-9-3-1-2-4-10(9)21(19,20)17-8-5-6-8/h1-4,8,11,16-18H,5-7H2. The molecule has 0 aliphatic heterocycles. The minimum Gasteiger partial charge on any atom is -0.382 e. The summed E-state index contributed by atoms with van der Waals surface area (Å²) in [7, 11) is -3.79. The zero-order valence-corrected chi connectivity index (χ0v) is 11.7. The molecule has 1 atom stereocenters.